The summed E-state index contributed by atoms with van der Waals surface area (Å²) in [5.41, 5.74) is 10.5. The molecule has 0 aliphatic heterocycles. The minimum Gasteiger partial charge on any atom is -0.397 e. The van der Waals surface area contributed by atoms with Gasteiger partial charge in [-0.2, -0.15) is 0 Å². The number of nitrogens with two attached hydrogens (primary N) is 1. The molecule has 152 valence electrons. The zero-order valence-electron chi connectivity index (χ0n) is 16.8. The topological polar surface area (TPSA) is 97.1 Å². The van der Waals surface area contributed by atoms with E-state index in [-0.39, 0.29) is 11.8 Å². The largest absolute Gasteiger partial charge is 0.397 e. The average Bonchev–Trinajstić information content (AvgIpc) is 2.78. The molecule has 0 unspecified atom stereocenters. The van der Waals surface area contributed by atoms with E-state index in [0.29, 0.717) is 23.5 Å². The minimum atomic E-state index is -0.232. The van der Waals surface area contributed by atoms with E-state index in [1.54, 1.807) is 36.7 Å². The standard InChI is InChI=1S/C24H24N4O2/c1-2-17-7-11-21(25)22(14-17)28-24(30)20-9-5-19(6-10-20)16-27-23(29)12-8-18-4-3-13-26-15-18/h3-15H,2,16,25H2,1H3,(H,27,29)(H,28,30)/b12-8+. The normalized spacial score (nSPS) is 10.7. The van der Waals surface area contributed by atoms with Crippen molar-refractivity contribution in [2.24, 2.45) is 0 Å². The van der Waals surface area contributed by atoms with Gasteiger partial charge in [-0.1, -0.05) is 31.2 Å². The molecule has 4 N–H and O–H groups in total. The van der Waals surface area contributed by atoms with E-state index in [9.17, 15) is 9.59 Å². The van der Waals surface area contributed by atoms with E-state index in [1.807, 2.05) is 43.3 Å². The maximum atomic E-state index is 12.5. The molecule has 1 heterocycles. The molecule has 0 spiro atoms. The molecule has 0 radical (unpaired) electrons. The molecule has 0 saturated heterocycles. The number of rotatable bonds is 7. The van der Waals surface area contributed by atoms with Crippen LogP contribution in [-0.4, -0.2) is 16.8 Å². The SMILES string of the molecule is CCc1ccc(N)c(NC(=O)c2ccc(CNC(=O)/C=C/c3cccnc3)cc2)c1. The number of carbonyl (C=O) groups excluding carboxylic acids is 2. The summed E-state index contributed by atoms with van der Waals surface area (Å²) in [6.07, 6.45) is 7.39. The molecule has 6 heteroatoms. The second-order valence-corrected chi connectivity index (χ2v) is 6.76. The first kappa shape index (κ1) is 20.8. The molecular formula is C24H24N4O2. The molecule has 6 nitrogen and oxygen atoms in total. The Labute approximate surface area is 175 Å². The van der Waals surface area contributed by atoms with Crippen molar-refractivity contribution in [2.45, 2.75) is 19.9 Å². The van der Waals surface area contributed by atoms with Crippen molar-refractivity contribution in [1.82, 2.24) is 10.3 Å². The fraction of sp³-hybridized carbons (Fsp3) is 0.125. The molecule has 2 aromatic carbocycles. The smallest absolute Gasteiger partial charge is 0.255 e. The van der Waals surface area contributed by atoms with Gasteiger partial charge < -0.3 is 16.4 Å². The summed E-state index contributed by atoms with van der Waals surface area (Å²) in [6, 6.07) is 16.4. The highest BCUT2D eigenvalue weighted by Gasteiger charge is 2.09. The van der Waals surface area contributed by atoms with Gasteiger partial charge in [-0.05, 0) is 59.5 Å². The van der Waals surface area contributed by atoms with Crippen LogP contribution < -0.4 is 16.4 Å². The van der Waals surface area contributed by atoms with Gasteiger partial charge in [-0.3, -0.25) is 14.6 Å². The summed E-state index contributed by atoms with van der Waals surface area (Å²) in [5.74, 6) is -0.433. The lowest BCUT2D eigenvalue weighted by Crippen LogP contribution is -2.20. The van der Waals surface area contributed by atoms with Crippen LogP contribution in [0.3, 0.4) is 0 Å². The van der Waals surface area contributed by atoms with E-state index in [2.05, 4.69) is 15.6 Å². The summed E-state index contributed by atoms with van der Waals surface area (Å²) < 4.78 is 0. The molecule has 0 bridgehead atoms. The van der Waals surface area contributed by atoms with Crippen molar-refractivity contribution >= 4 is 29.3 Å². The van der Waals surface area contributed by atoms with Gasteiger partial charge in [-0.15, -0.1) is 0 Å². The average molecular weight is 400 g/mol. The number of aromatic nitrogens is 1. The molecule has 3 rings (SSSR count). The molecule has 2 amide bonds. The van der Waals surface area contributed by atoms with E-state index >= 15 is 0 Å². The van der Waals surface area contributed by atoms with E-state index in [4.69, 9.17) is 5.73 Å². The number of amides is 2. The molecular weight excluding hydrogens is 376 g/mol. The van der Waals surface area contributed by atoms with Crippen molar-refractivity contribution in [2.75, 3.05) is 11.1 Å². The van der Waals surface area contributed by atoms with Crippen LogP contribution in [0.25, 0.3) is 6.08 Å². The Bertz CT molecular complexity index is 1040. The number of nitrogens with one attached hydrogen (secondary N) is 2. The minimum absolute atomic E-state index is 0.202. The molecule has 0 aliphatic carbocycles. The van der Waals surface area contributed by atoms with Crippen LogP contribution in [-0.2, 0) is 17.8 Å². The van der Waals surface area contributed by atoms with Gasteiger partial charge >= 0.3 is 0 Å². The van der Waals surface area contributed by atoms with Crippen molar-refractivity contribution in [3.63, 3.8) is 0 Å². The van der Waals surface area contributed by atoms with Crippen LogP contribution in [0, 0.1) is 0 Å². The van der Waals surface area contributed by atoms with Crippen molar-refractivity contribution in [1.29, 1.82) is 0 Å². The first-order valence-corrected chi connectivity index (χ1v) is 9.70. The first-order chi connectivity index (χ1) is 14.5. The fourth-order valence-corrected chi connectivity index (χ4v) is 2.79. The highest BCUT2D eigenvalue weighted by atomic mass is 16.2. The number of carbonyl (C=O) groups is 2. The van der Waals surface area contributed by atoms with Crippen LogP contribution in [0.15, 0.2) is 73.1 Å². The monoisotopic (exact) mass is 400 g/mol. The van der Waals surface area contributed by atoms with Crippen LogP contribution in [0.5, 0.6) is 0 Å². The number of benzene rings is 2. The Balaban J connectivity index is 1.55. The lowest BCUT2D eigenvalue weighted by molar-refractivity contribution is -0.116. The summed E-state index contributed by atoms with van der Waals surface area (Å²) in [6.45, 7) is 2.41. The third-order valence-corrected chi connectivity index (χ3v) is 4.57. The fourth-order valence-electron chi connectivity index (χ4n) is 2.79. The van der Waals surface area contributed by atoms with Crippen LogP contribution in [0.4, 0.5) is 11.4 Å². The highest BCUT2D eigenvalue weighted by molar-refractivity contribution is 6.05. The number of anilines is 2. The maximum Gasteiger partial charge on any atom is 0.255 e. The van der Waals surface area contributed by atoms with Crippen LogP contribution in [0.1, 0.15) is 34.0 Å². The molecule has 1 aromatic heterocycles. The van der Waals surface area contributed by atoms with Crippen molar-refractivity contribution < 1.29 is 9.59 Å². The Hall–Kier alpha value is -3.93. The third-order valence-electron chi connectivity index (χ3n) is 4.57. The van der Waals surface area contributed by atoms with Crippen molar-refractivity contribution in [3.05, 3.63) is 95.3 Å². The molecule has 30 heavy (non-hydrogen) atoms. The number of pyridine rings is 1. The second kappa shape index (κ2) is 10.0. The van der Waals surface area contributed by atoms with Crippen LogP contribution in [0.2, 0.25) is 0 Å². The summed E-state index contributed by atoms with van der Waals surface area (Å²) in [5, 5.41) is 5.67. The van der Waals surface area contributed by atoms with Gasteiger partial charge in [0.05, 0.1) is 11.4 Å². The van der Waals surface area contributed by atoms with Gasteiger partial charge in [-0.25, -0.2) is 0 Å². The van der Waals surface area contributed by atoms with Gasteiger partial charge in [0, 0.05) is 30.6 Å². The number of hydrogen-bond donors (Lipinski definition) is 3. The Morgan fingerprint density at radius 3 is 2.53 bits per heavy atom. The predicted octanol–water partition coefficient (Wildman–Crippen LogP) is 3.81. The molecule has 0 aliphatic rings. The number of hydrogen-bond acceptors (Lipinski definition) is 4. The zero-order chi connectivity index (χ0) is 21.3. The molecule has 0 saturated carbocycles. The Morgan fingerprint density at radius 2 is 1.83 bits per heavy atom. The van der Waals surface area contributed by atoms with E-state index in [0.717, 1.165) is 23.1 Å². The van der Waals surface area contributed by atoms with Crippen molar-refractivity contribution in [3.8, 4) is 0 Å². The molecule has 0 fully saturated rings. The van der Waals surface area contributed by atoms with Gasteiger partial charge in [0.2, 0.25) is 5.91 Å². The van der Waals surface area contributed by atoms with E-state index in [1.165, 1.54) is 6.08 Å². The van der Waals surface area contributed by atoms with Gasteiger partial charge in [0.1, 0.15) is 0 Å². The first-order valence-electron chi connectivity index (χ1n) is 9.70. The third kappa shape index (κ3) is 5.78. The highest BCUT2D eigenvalue weighted by Crippen LogP contribution is 2.21. The zero-order valence-corrected chi connectivity index (χ0v) is 16.8. The quantitative estimate of drug-likeness (QED) is 0.415. The number of nitrogens with zero attached hydrogens (tertiary/aromatic N) is 1. The molecule has 0 atom stereocenters. The number of nitrogen functional groups attached to an aromatic ring is 1. The summed E-state index contributed by atoms with van der Waals surface area (Å²) in [4.78, 5) is 28.5. The number of aryl methyl sites for hydroxylation is 1. The van der Waals surface area contributed by atoms with Crippen LogP contribution >= 0.6 is 0 Å². The lowest BCUT2D eigenvalue weighted by atomic mass is 10.1. The maximum absolute atomic E-state index is 12.5. The Morgan fingerprint density at radius 1 is 1.07 bits per heavy atom. The molecule has 3 aromatic rings. The van der Waals surface area contributed by atoms with E-state index < -0.39 is 0 Å². The van der Waals surface area contributed by atoms with Gasteiger partial charge in [0.25, 0.3) is 5.91 Å². The second-order valence-electron chi connectivity index (χ2n) is 6.76. The van der Waals surface area contributed by atoms with Gasteiger partial charge in [0.15, 0.2) is 0 Å². The predicted molar refractivity (Wildman–Crippen MR) is 120 cm³/mol. The lowest BCUT2D eigenvalue weighted by Gasteiger charge is -2.10. The Kier molecular flexibility index (Phi) is 6.95. The summed E-state index contributed by atoms with van der Waals surface area (Å²) in [7, 11) is 0. The summed E-state index contributed by atoms with van der Waals surface area (Å²) >= 11 is 0.